The van der Waals surface area contributed by atoms with Gasteiger partial charge in [-0.3, -0.25) is 19.0 Å². The van der Waals surface area contributed by atoms with Crippen LogP contribution in [0.5, 0.6) is 11.5 Å². The Morgan fingerprint density at radius 1 is 0.976 bits per heavy atom. The fourth-order valence-corrected chi connectivity index (χ4v) is 4.03. The molecule has 0 spiro atoms. The van der Waals surface area contributed by atoms with E-state index < -0.39 is 40.4 Å². The molecule has 9 nitrogen and oxygen atoms in total. The van der Waals surface area contributed by atoms with Gasteiger partial charge in [-0.15, -0.1) is 0 Å². The minimum Gasteiger partial charge on any atom is -0.454 e. The van der Waals surface area contributed by atoms with Crippen LogP contribution in [0.1, 0.15) is 30.1 Å². The van der Waals surface area contributed by atoms with E-state index in [4.69, 9.17) is 4.74 Å². The molecule has 5 rings (SSSR count). The molecule has 1 fully saturated rings. The van der Waals surface area contributed by atoms with Crippen molar-refractivity contribution in [2.24, 2.45) is 5.92 Å². The first-order valence-corrected chi connectivity index (χ1v) is 12.7. The molecule has 12 heteroatoms. The number of amides is 2. The van der Waals surface area contributed by atoms with Crippen molar-refractivity contribution in [2.45, 2.75) is 19.8 Å². The maximum atomic E-state index is 15.0. The Morgan fingerprint density at radius 2 is 1.73 bits per heavy atom. The van der Waals surface area contributed by atoms with Gasteiger partial charge in [0.25, 0.3) is 11.5 Å². The van der Waals surface area contributed by atoms with Gasteiger partial charge in [-0.2, -0.15) is 0 Å². The molecule has 1 aliphatic rings. The fourth-order valence-electron chi connectivity index (χ4n) is 4.03. The number of nitrogens with one attached hydrogen (secondary N) is 3. The summed E-state index contributed by atoms with van der Waals surface area (Å²) in [7, 11) is 0. The molecule has 0 aliphatic heterocycles. The molecule has 0 bridgehead atoms. The normalized spacial score (nSPS) is 12.5. The molecule has 2 aromatic heterocycles. The van der Waals surface area contributed by atoms with E-state index >= 15 is 4.39 Å². The smallest absolute Gasteiger partial charge is 0.270 e. The van der Waals surface area contributed by atoms with Crippen LogP contribution in [-0.2, 0) is 4.79 Å². The van der Waals surface area contributed by atoms with Crippen LogP contribution in [0.4, 0.5) is 30.4 Å². The number of nitrogens with zero attached hydrogens (tertiary/aromatic N) is 2. The standard InChI is InChI=1S/C29H24F3N5O4/c1-2-33-22-10-12-37(18-7-5-17(30)6-8-18)29(40)26(22)28(39)35-23-14-21(32)24(15-20(23)31)41-19-9-11-34-25(13-19)36-27(38)16-3-4-16/h5-16,33H,2-4H2,1H3,(H,35,39)(H,34,36,38). The number of hydrogen-bond acceptors (Lipinski definition) is 6. The van der Waals surface area contributed by atoms with Crippen molar-refractivity contribution in [3.05, 3.63) is 100 Å². The molecule has 0 atom stereocenters. The highest BCUT2D eigenvalue weighted by Crippen LogP contribution is 2.32. The predicted molar refractivity (Wildman–Crippen MR) is 146 cm³/mol. The number of aromatic nitrogens is 2. The molecule has 2 heterocycles. The maximum absolute atomic E-state index is 15.0. The third-order valence-corrected chi connectivity index (χ3v) is 6.22. The van der Waals surface area contributed by atoms with Crippen molar-refractivity contribution in [3.63, 3.8) is 0 Å². The molecule has 0 radical (unpaired) electrons. The number of ether oxygens (including phenoxy) is 1. The van der Waals surface area contributed by atoms with Crippen molar-refractivity contribution in [3.8, 4) is 17.2 Å². The van der Waals surface area contributed by atoms with Crippen molar-refractivity contribution in [2.75, 3.05) is 22.5 Å². The van der Waals surface area contributed by atoms with Crippen LogP contribution in [-0.4, -0.2) is 27.9 Å². The minimum absolute atomic E-state index is 0.0498. The molecular weight excluding hydrogens is 539 g/mol. The summed E-state index contributed by atoms with van der Waals surface area (Å²) in [6.07, 6.45) is 4.38. The Hall–Kier alpha value is -5.13. The number of pyridine rings is 2. The number of carbonyl (C=O) groups excluding carboxylic acids is 2. The Kier molecular flexibility index (Phi) is 7.72. The number of rotatable bonds is 9. The van der Waals surface area contributed by atoms with E-state index in [1.54, 1.807) is 6.92 Å². The Bertz CT molecular complexity index is 1690. The van der Waals surface area contributed by atoms with Crippen molar-refractivity contribution >= 4 is 29.0 Å². The predicted octanol–water partition coefficient (Wildman–Crippen LogP) is 5.47. The van der Waals surface area contributed by atoms with Crippen LogP contribution in [0, 0.1) is 23.4 Å². The van der Waals surface area contributed by atoms with E-state index in [9.17, 15) is 23.2 Å². The second kappa shape index (κ2) is 11.5. The lowest BCUT2D eigenvalue weighted by Crippen LogP contribution is -2.30. The second-order valence-corrected chi connectivity index (χ2v) is 9.25. The third kappa shape index (κ3) is 6.21. The van der Waals surface area contributed by atoms with Gasteiger partial charge in [-0.05, 0) is 56.2 Å². The summed E-state index contributed by atoms with van der Waals surface area (Å²) in [5.41, 5.74) is -1.15. The van der Waals surface area contributed by atoms with Gasteiger partial charge >= 0.3 is 0 Å². The minimum atomic E-state index is -1.02. The van der Waals surface area contributed by atoms with Gasteiger partial charge < -0.3 is 20.7 Å². The van der Waals surface area contributed by atoms with Crippen molar-refractivity contribution in [1.82, 2.24) is 9.55 Å². The zero-order valence-electron chi connectivity index (χ0n) is 21.7. The Balaban J connectivity index is 1.38. The largest absolute Gasteiger partial charge is 0.454 e. The summed E-state index contributed by atoms with van der Waals surface area (Å²) in [5.74, 6) is -3.90. The summed E-state index contributed by atoms with van der Waals surface area (Å²) in [4.78, 5) is 42.5. The molecule has 2 amide bonds. The second-order valence-electron chi connectivity index (χ2n) is 9.25. The van der Waals surface area contributed by atoms with Crippen molar-refractivity contribution < 1.29 is 27.5 Å². The number of benzene rings is 2. The highest BCUT2D eigenvalue weighted by molar-refractivity contribution is 6.08. The van der Waals surface area contributed by atoms with Crippen LogP contribution < -0.4 is 26.2 Å². The van der Waals surface area contributed by atoms with E-state index in [1.165, 1.54) is 54.9 Å². The molecule has 0 unspecified atom stereocenters. The first-order valence-electron chi connectivity index (χ1n) is 12.7. The molecule has 41 heavy (non-hydrogen) atoms. The highest BCUT2D eigenvalue weighted by atomic mass is 19.1. The fraction of sp³-hybridized carbons (Fsp3) is 0.172. The summed E-state index contributed by atoms with van der Waals surface area (Å²) in [6.45, 7) is 2.13. The van der Waals surface area contributed by atoms with Gasteiger partial charge in [0, 0.05) is 48.7 Å². The van der Waals surface area contributed by atoms with Gasteiger partial charge in [-0.1, -0.05) is 0 Å². The monoisotopic (exact) mass is 563 g/mol. The molecular formula is C29H24F3N5O4. The van der Waals surface area contributed by atoms with E-state index in [-0.39, 0.29) is 34.6 Å². The molecule has 2 aromatic carbocycles. The molecule has 0 saturated heterocycles. The number of carbonyl (C=O) groups is 2. The summed E-state index contributed by atoms with van der Waals surface area (Å²) in [5, 5.41) is 7.80. The van der Waals surface area contributed by atoms with E-state index in [0.717, 1.165) is 29.5 Å². The third-order valence-electron chi connectivity index (χ3n) is 6.22. The first-order chi connectivity index (χ1) is 19.7. The van der Waals surface area contributed by atoms with Gasteiger partial charge in [0.05, 0.1) is 11.4 Å². The van der Waals surface area contributed by atoms with Crippen LogP contribution in [0.25, 0.3) is 5.69 Å². The molecule has 1 aliphatic carbocycles. The van der Waals surface area contributed by atoms with Gasteiger partial charge in [0.15, 0.2) is 17.4 Å². The average Bonchev–Trinajstić information content (AvgIpc) is 3.79. The summed E-state index contributed by atoms with van der Waals surface area (Å²) < 4.78 is 50.0. The van der Waals surface area contributed by atoms with Crippen molar-refractivity contribution in [1.29, 1.82) is 0 Å². The SMILES string of the molecule is CCNc1ccn(-c2ccc(F)cc2)c(=O)c1C(=O)Nc1cc(F)c(Oc2ccnc(NC(=O)C3CC3)c2)cc1F. The van der Waals surface area contributed by atoms with Crippen LogP contribution >= 0.6 is 0 Å². The van der Waals surface area contributed by atoms with E-state index in [2.05, 4.69) is 20.9 Å². The molecule has 4 aromatic rings. The lowest BCUT2D eigenvalue weighted by molar-refractivity contribution is -0.117. The van der Waals surface area contributed by atoms with Crippen LogP contribution in [0.15, 0.2) is 71.8 Å². The quantitative estimate of drug-likeness (QED) is 0.249. The van der Waals surface area contributed by atoms with E-state index in [1.807, 2.05) is 0 Å². The van der Waals surface area contributed by atoms with Crippen LogP contribution in [0.2, 0.25) is 0 Å². The van der Waals surface area contributed by atoms with Gasteiger partial charge in [-0.25, -0.2) is 18.2 Å². The maximum Gasteiger partial charge on any atom is 0.270 e. The Morgan fingerprint density at radius 3 is 2.44 bits per heavy atom. The highest BCUT2D eigenvalue weighted by Gasteiger charge is 2.30. The average molecular weight is 564 g/mol. The lowest BCUT2D eigenvalue weighted by atomic mass is 10.1. The lowest BCUT2D eigenvalue weighted by Gasteiger charge is -2.15. The number of halogens is 3. The molecule has 210 valence electrons. The zero-order valence-corrected chi connectivity index (χ0v) is 21.7. The summed E-state index contributed by atoms with van der Waals surface area (Å²) in [6, 6.07) is 10.8. The van der Waals surface area contributed by atoms with Gasteiger partial charge in [0.1, 0.15) is 22.9 Å². The molecule has 3 N–H and O–H groups in total. The molecule has 1 saturated carbocycles. The Labute approximate surface area is 232 Å². The summed E-state index contributed by atoms with van der Waals surface area (Å²) >= 11 is 0. The number of hydrogen-bond donors (Lipinski definition) is 3. The first kappa shape index (κ1) is 27.4. The van der Waals surface area contributed by atoms with E-state index in [0.29, 0.717) is 12.2 Å². The van der Waals surface area contributed by atoms with Gasteiger partial charge in [0.2, 0.25) is 5.91 Å². The zero-order chi connectivity index (χ0) is 29.1. The topological polar surface area (TPSA) is 114 Å². The van der Waals surface area contributed by atoms with Crippen LogP contribution in [0.3, 0.4) is 0 Å². The number of anilines is 3.